The van der Waals surface area contributed by atoms with Crippen molar-refractivity contribution in [1.82, 2.24) is 4.90 Å². The molecule has 0 aromatic heterocycles. The Bertz CT molecular complexity index is 893. The fourth-order valence-corrected chi connectivity index (χ4v) is 3.70. The number of anilines is 3. The van der Waals surface area contributed by atoms with Gasteiger partial charge in [0.1, 0.15) is 0 Å². The van der Waals surface area contributed by atoms with E-state index in [2.05, 4.69) is 22.3 Å². The van der Waals surface area contributed by atoms with Crippen molar-refractivity contribution in [2.24, 2.45) is 0 Å². The minimum absolute atomic E-state index is 0.0996. The van der Waals surface area contributed by atoms with E-state index in [-0.39, 0.29) is 43.5 Å². The van der Waals surface area contributed by atoms with Crippen molar-refractivity contribution in [2.45, 2.75) is 25.7 Å². The van der Waals surface area contributed by atoms with Crippen molar-refractivity contribution in [3.63, 3.8) is 0 Å². The minimum Gasteiger partial charge on any atom is -0.339 e. The highest BCUT2D eigenvalue weighted by Crippen LogP contribution is 2.38. The Morgan fingerprint density at radius 2 is 1.56 bits per heavy atom. The second kappa shape index (κ2) is 7.23. The van der Waals surface area contributed by atoms with Gasteiger partial charge in [-0.25, -0.2) is 0 Å². The Kier molecular flexibility index (Phi) is 4.62. The molecule has 2 aromatic carbocycles. The zero-order valence-electron chi connectivity index (χ0n) is 15.0. The van der Waals surface area contributed by atoms with E-state index in [1.165, 1.54) is 10.5 Å². The van der Waals surface area contributed by atoms with Crippen LogP contribution < -0.4 is 10.2 Å². The van der Waals surface area contributed by atoms with Crippen molar-refractivity contribution in [3.05, 3.63) is 54.1 Å². The van der Waals surface area contributed by atoms with E-state index >= 15 is 0 Å². The summed E-state index contributed by atoms with van der Waals surface area (Å²) in [5, 5.41) is 2.94. The highest BCUT2D eigenvalue weighted by molar-refractivity contribution is 6.02. The molecule has 0 saturated carbocycles. The van der Waals surface area contributed by atoms with Crippen molar-refractivity contribution in [2.75, 3.05) is 23.3 Å². The standard InChI is InChI=1S/C21H21N3O3/c25-19(12-14-24-20(26)9-10-21(24)27)22-16-6-2-4-8-18(16)23-13-11-15-5-1-3-7-17(15)23/h1-8H,9-14H2,(H,22,25). The largest absolute Gasteiger partial charge is 0.339 e. The first-order valence-corrected chi connectivity index (χ1v) is 9.21. The van der Waals surface area contributed by atoms with Gasteiger partial charge in [-0.05, 0) is 30.2 Å². The SMILES string of the molecule is O=C(CCN1C(=O)CCC1=O)Nc1ccccc1N1CCc2ccccc21. The maximum absolute atomic E-state index is 12.4. The smallest absolute Gasteiger partial charge is 0.229 e. The number of amides is 3. The molecule has 6 heteroatoms. The lowest BCUT2D eigenvalue weighted by Gasteiger charge is -2.23. The van der Waals surface area contributed by atoms with Crippen LogP contribution in [-0.4, -0.2) is 35.7 Å². The van der Waals surface area contributed by atoms with Gasteiger partial charge >= 0.3 is 0 Å². The summed E-state index contributed by atoms with van der Waals surface area (Å²) in [5.41, 5.74) is 4.14. The lowest BCUT2D eigenvalue weighted by atomic mass is 10.1. The van der Waals surface area contributed by atoms with Crippen LogP contribution in [0.2, 0.25) is 0 Å². The van der Waals surface area contributed by atoms with Crippen LogP contribution in [0.5, 0.6) is 0 Å². The highest BCUT2D eigenvalue weighted by atomic mass is 16.2. The van der Waals surface area contributed by atoms with Crippen molar-refractivity contribution >= 4 is 34.8 Å². The molecule has 27 heavy (non-hydrogen) atoms. The topological polar surface area (TPSA) is 69.7 Å². The lowest BCUT2D eigenvalue weighted by Crippen LogP contribution is -2.32. The van der Waals surface area contributed by atoms with E-state index in [0.717, 1.165) is 30.0 Å². The second-order valence-corrected chi connectivity index (χ2v) is 6.78. The molecule has 2 aromatic rings. The van der Waals surface area contributed by atoms with Crippen LogP contribution in [0.15, 0.2) is 48.5 Å². The number of benzene rings is 2. The Morgan fingerprint density at radius 3 is 2.33 bits per heavy atom. The van der Waals surface area contributed by atoms with E-state index in [0.29, 0.717) is 0 Å². The van der Waals surface area contributed by atoms with Gasteiger partial charge in [-0.1, -0.05) is 30.3 Å². The number of fused-ring (bicyclic) bond motifs is 1. The van der Waals surface area contributed by atoms with Crippen LogP contribution in [0, 0.1) is 0 Å². The molecule has 0 spiro atoms. The maximum atomic E-state index is 12.4. The molecule has 2 aliphatic heterocycles. The summed E-state index contributed by atoms with van der Waals surface area (Å²) in [5.74, 6) is -0.592. The average Bonchev–Trinajstić information content (AvgIpc) is 3.24. The predicted octanol–water partition coefficient (Wildman–Crippen LogP) is 2.86. The molecule has 1 N–H and O–H groups in total. The number of para-hydroxylation sites is 3. The highest BCUT2D eigenvalue weighted by Gasteiger charge is 2.29. The van der Waals surface area contributed by atoms with Crippen molar-refractivity contribution in [3.8, 4) is 0 Å². The molecule has 138 valence electrons. The Hall–Kier alpha value is -3.15. The van der Waals surface area contributed by atoms with Gasteiger partial charge in [0.05, 0.1) is 11.4 Å². The summed E-state index contributed by atoms with van der Waals surface area (Å²) < 4.78 is 0. The van der Waals surface area contributed by atoms with E-state index in [1.54, 1.807) is 0 Å². The first-order chi connectivity index (χ1) is 13.1. The number of likely N-dealkylation sites (tertiary alicyclic amines) is 1. The molecular weight excluding hydrogens is 342 g/mol. The summed E-state index contributed by atoms with van der Waals surface area (Å²) in [4.78, 5) is 39.1. The molecule has 0 radical (unpaired) electrons. The third-order valence-electron chi connectivity index (χ3n) is 5.07. The average molecular weight is 363 g/mol. The monoisotopic (exact) mass is 363 g/mol. The zero-order valence-corrected chi connectivity index (χ0v) is 15.0. The number of carbonyl (C=O) groups excluding carboxylic acids is 3. The van der Waals surface area contributed by atoms with Gasteiger partial charge in [0.15, 0.2) is 0 Å². The van der Waals surface area contributed by atoms with Gasteiger partial charge in [-0.15, -0.1) is 0 Å². The molecule has 6 nitrogen and oxygen atoms in total. The third-order valence-corrected chi connectivity index (χ3v) is 5.07. The quantitative estimate of drug-likeness (QED) is 0.830. The number of carbonyl (C=O) groups is 3. The summed E-state index contributed by atoms with van der Waals surface area (Å²) in [6.45, 7) is 1.00. The van der Waals surface area contributed by atoms with Crippen LogP contribution in [0.1, 0.15) is 24.8 Å². The number of rotatable bonds is 5. The Labute approximate surface area is 157 Å². The van der Waals surface area contributed by atoms with Crippen molar-refractivity contribution < 1.29 is 14.4 Å². The van der Waals surface area contributed by atoms with E-state index in [9.17, 15) is 14.4 Å². The molecule has 0 unspecified atom stereocenters. The molecule has 0 bridgehead atoms. The molecule has 4 rings (SSSR count). The van der Waals surface area contributed by atoms with E-state index < -0.39 is 0 Å². The minimum atomic E-state index is -0.206. The van der Waals surface area contributed by atoms with Gasteiger partial charge in [0, 0.05) is 38.0 Å². The first kappa shape index (κ1) is 17.3. The van der Waals surface area contributed by atoms with E-state index in [4.69, 9.17) is 0 Å². The van der Waals surface area contributed by atoms with Crippen LogP contribution in [0.4, 0.5) is 17.1 Å². The second-order valence-electron chi connectivity index (χ2n) is 6.78. The first-order valence-electron chi connectivity index (χ1n) is 9.21. The third kappa shape index (κ3) is 3.43. The van der Waals surface area contributed by atoms with Gasteiger partial charge in [0.2, 0.25) is 17.7 Å². The molecule has 3 amide bonds. The molecule has 0 aliphatic carbocycles. The predicted molar refractivity (Wildman–Crippen MR) is 103 cm³/mol. The molecule has 2 aliphatic rings. The molecular formula is C21H21N3O3. The zero-order chi connectivity index (χ0) is 18.8. The maximum Gasteiger partial charge on any atom is 0.229 e. The number of hydrogen-bond donors (Lipinski definition) is 1. The van der Waals surface area contributed by atoms with Gasteiger partial charge in [-0.3, -0.25) is 19.3 Å². The van der Waals surface area contributed by atoms with Crippen molar-refractivity contribution in [1.29, 1.82) is 0 Å². The number of hydrogen-bond acceptors (Lipinski definition) is 4. The number of imide groups is 1. The van der Waals surface area contributed by atoms with Gasteiger partial charge < -0.3 is 10.2 Å². The lowest BCUT2D eigenvalue weighted by molar-refractivity contribution is -0.138. The summed E-state index contributed by atoms with van der Waals surface area (Å²) in [6, 6.07) is 16.0. The molecule has 2 heterocycles. The Balaban J connectivity index is 1.47. The summed E-state index contributed by atoms with van der Waals surface area (Å²) >= 11 is 0. The van der Waals surface area contributed by atoms with Crippen LogP contribution in [-0.2, 0) is 20.8 Å². The fraction of sp³-hybridized carbons (Fsp3) is 0.286. The van der Waals surface area contributed by atoms with Crippen LogP contribution in [0.3, 0.4) is 0 Å². The normalized spacial score (nSPS) is 16.0. The summed E-state index contributed by atoms with van der Waals surface area (Å²) in [7, 11) is 0. The Morgan fingerprint density at radius 1 is 0.889 bits per heavy atom. The molecule has 0 atom stereocenters. The summed E-state index contributed by atoms with van der Waals surface area (Å²) in [6.07, 6.45) is 1.56. The van der Waals surface area contributed by atoms with Gasteiger partial charge in [0.25, 0.3) is 0 Å². The molecule has 1 saturated heterocycles. The molecule has 1 fully saturated rings. The fourth-order valence-electron chi connectivity index (χ4n) is 3.70. The van der Waals surface area contributed by atoms with Crippen LogP contribution >= 0.6 is 0 Å². The number of nitrogens with one attached hydrogen (secondary N) is 1. The van der Waals surface area contributed by atoms with Crippen LogP contribution in [0.25, 0.3) is 0 Å². The van der Waals surface area contributed by atoms with E-state index in [1.807, 2.05) is 36.4 Å². The van der Waals surface area contributed by atoms with Gasteiger partial charge in [-0.2, -0.15) is 0 Å². The number of nitrogens with zero attached hydrogens (tertiary/aromatic N) is 2.